The first kappa shape index (κ1) is 14.0. The zero-order valence-electron chi connectivity index (χ0n) is 10.9. The molecule has 0 spiro atoms. The molecular formula is C13H16O5. The van der Waals surface area contributed by atoms with E-state index in [4.69, 9.17) is 9.47 Å². The Labute approximate surface area is 106 Å². The fourth-order valence-electron chi connectivity index (χ4n) is 1.42. The summed E-state index contributed by atoms with van der Waals surface area (Å²) in [5.74, 6) is 0.198. The molecule has 0 aromatic heterocycles. The van der Waals surface area contributed by atoms with Crippen LogP contribution in [-0.2, 0) is 9.53 Å². The van der Waals surface area contributed by atoms with Crippen molar-refractivity contribution in [3.05, 3.63) is 23.8 Å². The first-order valence-electron chi connectivity index (χ1n) is 5.43. The minimum atomic E-state index is -0.791. The second-order valence-electron chi connectivity index (χ2n) is 3.70. The zero-order chi connectivity index (χ0) is 13.7. The lowest BCUT2D eigenvalue weighted by atomic mass is 10.1. The number of Topliss-reactive ketones (excluding diaryl/α,β-unsaturated/α-hetero) is 1. The number of hydrogen-bond donors (Lipinski definition) is 0. The summed E-state index contributed by atoms with van der Waals surface area (Å²) in [5, 5.41) is 0. The van der Waals surface area contributed by atoms with E-state index >= 15 is 0 Å². The number of esters is 1. The largest absolute Gasteiger partial charge is 0.497 e. The van der Waals surface area contributed by atoms with Crippen LogP contribution in [0.4, 0.5) is 0 Å². The molecule has 1 unspecified atom stereocenters. The summed E-state index contributed by atoms with van der Waals surface area (Å²) in [6, 6.07) is 4.82. The third kappa shape index (κ3) is 3.23. The summed E-state index contributed by atoms with van der Waals surface area (Å²) in [6.45, 7) is 2.98. The topological polar surface area (TPSA) is 61.8 Å². The molecule has 18 heavy (non-hydrogen) atoms. The zero-order valence-corrected chi connectivity index (χ0v) is 10.9. The first-order chi connectivity index (χ1) is 8.49. The van der Waals surface area contributed by atoms with E-state index < -0.39 is 12.1 Å². The van der Waals surface area contributed by atoms with Crippen LogP contribution >= 0.6 is 0 Å². The highest BCUT2D eigenvalue weighted by atomic mass is 16.6. The molecule has 5 heteroatoms. The van der Waals surface area contributed by atoms with E-state index in [1.807, 2.05) is 0 Å². The molecule has 5 nitrogen and oxygen atoms in total. The van der Waals surface area contributed by atoms with Gasteiger partial charge < -0.3 is 14.2 Å². The smallest absolute Gasteiger partial charge is 0.346 e. The van der Waals surface area contributed by atoms with Crippen molar-refractivity contribution in [2.24, 2.45) is 0 Å². The van der Waals surface area contributed by atoms with E-state index in [9.17, 15) is 9.59 Å². The fourth-order valence-corrected chi connectivity index (χ4v) is 1.42. The maximum Gasteiger partial charge on any atom is 0.346 e. The van der Waals surface area contributed by atoms with Crippen molar-refractivity contribution in [1.29, 1.82) is 0 Å². The highest BCUT2D eigenvalue weighted by molar-refractivity contribution is 5.97. The van der Waals surface area contributed by atoms with Crippen LogP contribution in [0.2, 0.25) is 0 Å². The fraction of sp³-hybridized carbons (Fsp3) is 0.385. The molecular weight excluding hydrogens is 236 g/mol. The third-order valence-electron chi connectivity index (χ3n) is 2.40. The first-order valence-corrected chi connectivity index (χ1v) is 5.43. The van der Waals surface area contributed by atoms with E-state index in [0.717, 1.165) is 0 Å². The maximum absolute atomic E-state index is 11.4. The Hall–Kier alpha value is -2.04. The Balaban J connectivity index is 3.04. The molecule has 1 rings (SSSR count). The number of ether oxygens (including phenoxy) is 3. The van der Waals surface area contributed by atoms with Crippen LogP contribution in [0.3, 0.4) is 0 Å². The second kappa shape index (κ2) is 6.05. The minimum absolute atomic E-state index is 0.148. The molecule has 0 N–H and O–H groups in total. The lowest BCUT2D eigenvalue weighted by molar-refractivity contribution is -0.147. The highest BCUT2D eigenvalue weighted by Crippen LogP contribution is 2.26. The predicted molar refractivity (Wildman–Crippen MR) is 65.1 cm³/mol. The van der Waals surface area contributed by atoms with E-state index in [1.165, 1.54) is 21.1 Å². The lowest BCUT2D eigenvalue weighted by Crippen LogP contribution is -2.25. The lowest BCUT2D eigenvalue weighted by Gasteiger charge is -2.15. The maximum atomic E-state index is 11.4. The molecule has 0 bridgehead atoms. The van der Waals surface area contributed by atoms with Gasteiger partial charge in [-0.25, -0.2) is 4.79 Å². The minimum Gasteiger partial charge on any atom is -0.497 e. The summed E-state index contributed by atoms with van der Waals surface area (Å²) in [4.78, 5) is 22.7. The summed E-state index contributed by atoms with van der Waals surface area (Å²) in [7, 11) is 2.79. The molecule has 1 atom stereocenters. The molecule has 1 aromatic carbocycles. The Bertz CT molecular complexity index is 453. The van der Waals surface area contributed by atoms with Crippen molar-refractivity contribution in [2.45, 2.75) is 20.0 Å². The highest BCUT2D eigenvalue weighted by Gasteiger charge is 2.18. The SMILES string of the molecule is COC(=O)C(C)Oc1cc(OC)ccc1C(C)=O. The molecule has 98 valence electrons. The van der Waals surface area contributed by atoms with Crippen molar-refractivity contribution in [3.63, 3.8) is 0 Å². The normalized spacial score (nSPS) is 11.6. The summed E-state index contributed by atoms with van der Waals surface area (Å²) in [5.41, 5.74) is 0.395. The average Bonchev–Trinajstić information content (AvgIpc) is 2.37. The molecule has 0 aliphatic rings. The summed E-state index contributed by atoms with van der Waals surface area (Å²) >= 11 is 0. The van der Waals surface area contributed by atoms with Crippen molar-refractivity contribution in [1.82, 2.24) is 0 Å². The number of carbonyl (C=O) groups is 2. The molecule has 0 fully saturated rings. The molecule has 0 saturated carbocycles. The molecule has 0 saturated heterocycles. The molecule has 0 heterocycles. The summed E-state index contributed by atoms with van der Waals surface area (Å²) in [6.07, 6.45) is -0.791. The van der Waals surface area contributed by atoms with Gasteiger partial charge in [0.15, 0.2) is 11.9 Å². The Morgan fingerprint density at radius 2 is 1.89 bits per heavy atom. The van der Waals surface area contributed by atoms with Crippen molar-refractivity contribution >= 4 is 11.8 Å². The van der Waals surface area contributed by atoms with Gasteiger partial charge in [-0.3, -0.25) is 4.79 Å². The van der Waals surface area contributed by atoms with Crippen LogP contribution < -0.4 is 9.47 Å². The molecule has 0 aliphatic carbocycles. The molecule has 0 radical (unpaired) electrons. The molecule has 0 amide bonds. The van der Waals surface area contributed by atoms with Gasteiger partial charge in [-0.15, -0.1) is 0 Å². The molecule has 0 aliphatic heterocycles. The molecule has 1 aromatic rings. The van der Waals surface area contributed by atoms with Gasteiger partial charge in [0.1, 0.15) is 11.5 Å². The van der Waals surface area contributed by atoms with Crippen LogP contribution in [0, 0.1) is 0 Å². The van der Waals surface area contributed by atoms with Gasteiger partial charge in [0.2, 0.25) is 0 Å². The van der Waals surface area contributed by atoms with Crippen LogP contribution in [0.25, 0.3) is 0 Å². The number of rotatable bonds is 5. The van der Waals surface area contributed by atoms with Crippen LogP contribution in [0.15, 0.2) is 18.2 Å². The quantitative estimate of drug-likeness (QED) is 0.591. The van der Waals surface area contributed by atoms with E-state index in [-0.39, 0.29) is 5.78 Å². The van der Waals surface area contributed by atoms with Crippen LogP contribution in [0.5, 0.6) is 11.5 Å². The van der Waals surface area contributed by atoms with Crippen molar-refractivity contribution in [3.8, 4) is 11.5 Å². The van der Waals surface area contributed by atoms with Gasteiger partial charge in [0, 0.05) is 6.07 Å². The number of benzene rings is 1. The Morgan fingerprint density at radius 1 is 1.22 bits per heavy atom. The van der Waals surface area contributed by atoms with Crippen LogP contribution in [-0.4, -0.2) is 32.1 Å². The monoisotopic (exact) mass is 252 g/mol. The Morgan fingerprint density at radius 3 is 2.39 bits per heavy atom. The number of carbonyl (C=O) groups excluding carboxylic acids is 2. The van der Waals surface area contributed by atoms with Gasteiger partial charge >= 0.3 is 5.97 Å². The standard InChI is InChI=1S/C13H16O5/c1-8(14)11-6-5-10(16-3)7-12(11)18-9(2)13(15)17-4/h5-7,9H,1-4H3. The number of methoxy groups -OCH3 is 2. The van der Waals surface area contributed by atoms with Crippen LogP contribution in [0.1, 0.15) is 24.2 Å². The second-order valence-corrected chi connectivity index (χ2v) is 3.70. The van der Waals surface area contributed by atoms with Gasteiger partial charge in [-0.1, -0.05) is 0 Å². The van der Waals surface area contributed by atoms with Gasteiger partial charge in [-0.05, 0) is 26.0 Å². The Kier molecular flexibility index (Phi) is 4.71. The van der Waals surface area contributed by atoms with E-state index in [1.54, 1.807) is 25.1 Å². The van der Waals surface area contributed by atoms with Gasteiger partial charge in [0.25, 0.3) is 0 Å². The number of hydrogen-bond acceptors (Lipinski definition) is 5. The third-order valence-corrected chi connectivity index (χ3v) is 2.40. The van der Waals surface area contributed by atoms with E-state index in [2.05, 4.69) is 4.74 Å². The van der Waals surface area contributed by atoms with Gasteiger partial charge in [0.05, 0.1) is 19.8 Å². The van der Waals surface area contributed by atoms with Crippen molar-refractivity contribution < 1.29 is 23.8 Å². The summed E-state index contributed by atoms with van der Waals surface area (Å²) < 4.78 is 15.0. The van der Waals surface area contributed by atoms with Crippen molar-refractivity contribution in [2.75, 3.05) is 14.2 Å². The average molecular weight is 252 g/mol. The van der Waals surface area contributed by atoms with E-state index in [0.29, 0.717) is 17.1 Å². The van der Waals surface area contributed by atoms with Gasteiger partial charge in [-0.2, -0.15) is 0 Å². The number of ketones is 1. The predicted octanol–water partition coefficient (Wildman–Crippen LogP) is 1.84.